The second-order valence-electron chi connectivity index (χ2n) is 3.65. The smallest absolute Gasteiger partial charge is 0.374 e. The minimum Gasteiger partial charge on any atom is -0.374 e. The molecule has 96 valence electrons. The molecule has 1 aliphatic heterocycles. The third kappa shape index (κ3) is 3.71. The first-order valence-corrected chi connectivity index (χ1v) is 8.32. The van der Waals surface area contributed by atoms with Gasteiger partial charge in [-0.05, 0) is 27.2 Å². The van der Waals surface area contributed by atoms with Gasteiger partial charge in [0, 0.05) is 32.3 Å². The van der Waals surface area contributed by atoms with Gasteiger partial charge in [0.2, 0.25) is 5.12 Å². The van der Waals surface area contributed by atoms with Crippen LogP contribution in [0.15, 0.2) is 0 Å². The van der Waals surface area contributed by atoms with Crippen molar-refractivity contribution in [2.45, 2.75) is 44.8 Å². The van der Waals surface area contributed by atoms with Gasteiger partial charge in [0.15, 0.2) is 0 Å². The second-order valence-corrected chi connectivity index (χ2v) is 6.98. The Morgan fingerprint density at radius 2 is 1.81 bits per heavy atom. The fourth-order valence-electron chi connectivity index (χ4n) is 1.89. The molecule has 0 aromatic heterocycles. The van der Waals surface area contributed by atoms with Gasteiger partial charge in [0.25, 0.3) is 0 Å². The molecule has 1 unspecified atom stereocenters. The molecular weight excluding hydrogens is 244 g/mol. The summed E-state index contributed by atoms with van der Waals surface area (Å²) in [6.45, 7) is 7.61. The van der Waals surface area contributed by atoms with Crippen molar-refractivity contribution in [3.63, 3.8) is 0 Å². The third-order valence-electron chi connectivity index (χ3n) is 2.39. The summed E-state index contributed by atoms with van der Waals surface area (Å²) < 4.78 is 22.9. The summed E-state index contributed by atoms with van der Waals surface area (Å²) in [6, 6.07) is 0.851. The van der Waals surface area contributed by atoms with Crippen molar-refractivity contribution in [3.05, 3.63) is 0 Å². The van der Waals surface area contributed by atoms with Crippen LogP contribution >= 0.6 is 12.6 Å². The molecule has 1 fully saturated rings. The molecule has 1 aliphatic rings. The molecule has 4 nitrogen and oxygen atoms in total. The van der Waals surface area contributed by atoms with Crippen LogP contribution in [-0.4, -0.2) is 33.7 Å². The van der Waals surface area contributed by atoms with Gasteiger partial charge in [0.05, 0.1) is 0 Å². The van der Waals surface area contributed by atoms with Crippen molar-refractivity contribution in [2.75, 3.05) is 19.8 Å². The molecule has 0 spiro atoms. The molecule has 1 saturated heterocycles. The van der Waals surface area contributed by atoms with Gasteiger partial charge < -0.3 is 18.0 Å². The van der Waals surface area contributed by atoms with E-state index < -0.39 is 13.9 Å². The Labute approximate surface area is 104 Å². The van der Waals surface area contributed by atoms with Gasteiger partial charge in [-0.1, -0.05) is 0 Å². The van der Waals surface area contributed by atoms with Crippen molar-refractivity contribution >= 4 is 21.4 Å². The molecule has 0 saturated carbocycles. The lowest BCUT2D eigenvalue weighted by Crippen LogP contribution is -2.55. The van der Waals surface area contributed by atoms with E-state index >= 15 is 0 Å². The first-order valence-electron chi connectivity index (χ1n) is 5.94. The summed E-state index contributed by atoms with van der Waals surface area (Å²) in [4.78, 5) is 0. The molecule has 0 N–H and O–H groups in total. The maximum absolute atomic E-state index is 5.92. The zero-order valence-corrected chi connectivity index (χ0v) is 12.2. The van der Waals surface area contributed by atoms with Crippen LogP contribution < -0.4 is 0 Å². The number of ether oxygens (including phenoxy) is 1. The molecule has 1 rings (SSSR count). The van der Waals surface area contributed by atoms with Gasteiger partial charge in [0.1, 0.15) is 0 Å². The summed E-state index contributed by atoms with van der Waals surface area (Å²) in [5.41, 5.74) is 0. The molecule has 0 aromatic rings. The lowest BCUT2D eigenvalue weighted by molar-refractivity contribution is -0.156. The minimum absolute atomic E-state index is 0.576. The molecule has 0 aromatic carbocycles. The van der Waals surface area contributed by atoms with Gasteiger partial charge in [-0.2, -0.15) is 0 Å². The van der Waals surface area contributed by atoms with Gasteiger partial charge in [-0.15, -0.1) is 12.6 Å². The van der Waals surface area contributed by atoms with E-state index in [1.165, 1.54) is 0 Å². The lowest BCUT2D eigenvalue weighted by Gasteiger charge is -2.41. The molecule has 0 bridgehead atoms. The normalized spacial score (nSPS) is 29.2. The average molecular weight is 266 g/mol. The number of thiol groups is 1. The van der Waals surface area contributed by atoms with Gasteiger partial charge in [-0.3, -0.25) is 0 Å². The van der Waals surface area contributed by atoms with Crippen molar-refractivity contribution in [2.24, 2.45) is 0 Å². The minimum atomic E-state index is -2.56. The first-order chi connectivity index (χ1) is 7.60. The Balaban J connectivity index is 2.69. The highest BCUT2D eigenvalue weighted by Gasteiger charge is 2.51. The molecular formula is C10H22O4SSi. The Morgan fingerprint density at radius 3 is 2.31 bits per heavy atom. The van der Waals surface area contributed by atoms with Crippen LogP contribution in [-0.2, 0) is 18.0 Å². The standard InChI is InChI=1S/C10H22O4SSi/c1-4-11-10(15)8-7-9-16(14-10,12-5-2)13-6-3/h15H,4-9H2,1-3H3. The molecule has 6 heteroatoms. The van der Waals surface area contributed by atoms with Crippen LogP contribution in [0.5, 0.6) is 0 Å². The summed E-state index contributed by atoms with van der Waals surface area (Å²) in [5.74, 6) is 0. The molecule has 1 atom stereocenters. The van der Waals surface area contributed by atoms with Crippen LogP contribution in [0, 0.1) is 0 Å². The lowest BCUT2D eigenvalue weighted by atomic mass is 10.3. The Kier molecular flexibility index (Phi) is 5.76. The highest BCUT2D eigenvalue weighted by molar-refractivity contribution is 7.81. The number of rotatable bonds is 6. The van der Waals surface area contributed by atoms with E-state index in [1.807, 2.05) is 20.8 Å². The highest BCUT2D eigenvalue weighted by atomic mass is 32.1. The van der Waals surface area contributed by atoms with Crippen molar-refractivity contribution in [1.29, 1.82) is 0 Å². The first kappa shape index (κ1) is 14.5. The molecule has 16 heavy (non-hydrogen) atoms. The number of hydrogen-bond donors (Lipinski definition) is 1. The molecule has 0 aliphatic carbocycles. The van der Waals surface area contributed by atoms with E-state index in [0.29, 0.717) is 19.8 Å². The predicted molar refractivity (Wildman–Crippen MR) is 67.5 cm³/mol. The van der Waals surface area contributed by atoms with E-state index in [1.54, 1.807) is 0 Å². The largest absolute Gasteiger partial charge is 0.503 e. The average Bonchev–Trinajstić information content (AvgIpc) is 2.18. The van der Waals surface area contributed by atoms with Gasteiger partial charge in [-0.25, -0.2) is 0 Å². The van der Waals surface area contributed by atoms with E-state index in [4.69, 9.17) is 18.0 Å². The molecule has 0 amide bonds. The monoisotopic (exact) mass is 266 g/mol. The van der Waals surface area contributed by atoms with Crippen molar-refractivity contribution < 1.29 is 18.0 Å². The van der Waals surface area contributed by atoms with Crippen molar-refractivity contribution in [1.82, 2.24) is 0 Å². The fraction of sp³-hybridized carbons (Fsp3) is 1.00. The quantitative estimate of drug-likeness (QED) is 0.455. The summed E-state index contributed by atoms with van der Waals surface area (Å²) >= 11 is 4.46. The SMILES string of the molecule is CCOC1(S)CCC[Si](OCC)(OCC)O1. The van der Waals surface area contributed by atoms with Crippen LogP contribution in [0.4, 0.5) is 0 Å². The predicted octanol–water partition coefficient (Wildman–Crippen LogP) is 2.43. The maximum atomic E-state index is 5.92. The summed E-state index contributed by atoms with van der Waals surface area (Å²) in [7, 11) is -2.56. The molecule has 0 radical (unpaired) electrons. The Morgan fingerprint density at radius 1 is 1.19 bits per heavy atom. The Hall–Kier alpha value is 0.407. The Bertz CT molecular complexity index is 201. The number of hydrogen-bond acceptors (Lipinski definition) is 5. The fourth-order valence-corrected chi connectivity index (χ4v) is 5.32. The third-order valence-corrected chi connectivity index (χ3v) is 6.07. The van der Waals surface area contributed by atoms with Gasteiger partial charge >= 0.3 is 8.80 Å². The molecule has 1 heterocycles. The second kappa shape index (κ2) is 6.37. The summed E-state index contributed by atoms with van der Waals surface area (Å²) in [5, 5.41) is -0.830. The van der Waals surface area contributed by atoms with E-state index in [0.717, 1.165) is 18.9 Å². The highest BCUT2D eigenvalue weighted by Crippen LogP contribution is 2.38. The van der Waals surface area contributed by atoms with Crippen LogP contribution in [0.25, 0.3) is 0 Å². The van der Waals surface area contributed by atoms with E-state index in [9.17, 15) is 0 Å². The van der Waals surface area contributed by atoms with E-state index in [2.05, 4.69) is 12.6 Å². The zero-order chi connectivity index (χ0) is 12.1. The van der Waals surface area contributed by atoms with Crippen LogP contribution in [0.2, 0.25) is 6.04 Å². The van der Waals surface area contributed by atoms with Crippen LogP contribution in [0.3, 0.4) is 0 Å². The van der Waals surface area contributed by atoms with Crippen molar-refractivity contribution in [3.8, 4) is 0 Å². The van der Waals surface area contributed by atoms with Crippen LogP contribution in [0.1, 0.15) is 33.6 Å². The topological polar surface area (TPSA) is 36.9 Å². The zero-order valence-electron chi connectivity index (χ0n) is 10.3. The summed E-state index contributed by atoms with van der Waals surface area (Å²) in [6.07, 6.45) is 1.74. The maximum Gasteiger partial charge on any atom is 0.503 e. The van der Waals surface area contributed by atoms with E-state index in [-0.39, 0.29) is 0 Å².